The van der Waals surface area contributed by atoms with Gasteiger partial charge < -0.3 is 5.21 Å². The van der Waals surface area contributed by atoms with Gasteiger partial charge in [-0.1, -0.05) is 13.8 Å². The Balaban J connectivity index is 1.72. The number of fused-ring (bicyclic) bond motifs is 3. The van der Waals surface area contributed by atoms with Crippen LogP contribution in [0.1, 0.15) is 36.7 Å². The highest BCUT2D eigenvalue weighted by molar-refractivity contribution is 5.59. The molecule has 114 valence electrons. The summed E-state index contributed by atoms with van der Waals surface area (Å²) in [6.07, 6.45) is 1.04. The fourth-order valence-electron chi connectivity index (χ4n) is 4.00. The van der Waals surface area contributed by atoms with E-state index >= 15 is 0 Å². The van der Waals surface area contributed by atoms with Crippen molar-refractivity contribution in [3.63, 3.8) is 0 Å². The zero-order chi connectivity index (χ0) is 15.6. The summed E-state index contributed by atoms with van der Waals surface area (Å²) in [7, 11) is 0. The molecule has 5 heteroatoms. The van der Waals surface area contributed by atoms with Gasteiger partial charge in [0.05, 0.1) is 0 Å². The first-order valence-electron chi connectivity index (χ1n) is 7.60. The number of nitrogens with zero attached hydrogens (tertiary/aromatic N) is 2. The molecule has 1 aromatic carbocycles. The van der Waals surface area contributed by atoms with Gasteiger partial charge in [0.1, 0.15) is 0 Å². The summed E-state index contributed by atoms with van der Waals surface area (Å²) in [5.41, 5.74) is 5.15. The van der Waals surface area contributed by atoms with Gasteiger partial charge >= 0.3 is 0 Å². The van der Waals surface area contributed by atoms with Gasteiger partial charge in [0.2, 0.25) is 0 Å². The number of aromatic nitrogens is 2. The molecule has 1 unspecified atom stereocenters. The van der Waals surface area contributed by atoms with E-state index < -0.39 is 5.23 Å². The van der Waals surface area contributed by atoms with Crippen molar-refractivity contribution in [1.29, 1.82) is 0 Å². The molecule has 0 amide bonds. The molecule has 3 atom stereocenters. The van der Waals surface area contributed by atoms with Crippen LogP contribution in [0.3, 0.4) is 0 Å². The Labute approximate surface area is 129 Å². The summed E-state index contributed by atoms with van der Waals surface area (Å²) in [5.74, 6) is 2.03. The minimum Gasteiger partial charge on any atom is -0.595 e. The third kappa shape index (κ3) is 1.83. The maximum absolute atomic E-state index is 10.9. The van der Waals surface area contributed by atoms with Crippen LogP contribution in [0.25, 0.3) is 11.4 Å². The van der Waals surface area contributed by atoms with Crippen LogP contribution in [0, 0.1) is 23.5 Å². The Kier molecular flexibility index (Phi) is 2.73. The molecule has 4 rings (SSSR count). The van der Waals surface area contributed by atoms with Crippen LogP contribution in [-0.4, -0.2) is 15.2 Å². The molecule has 1 fully saturated rings. The van der Waals surface area contributed by atoms with Crippen molar-refractivity contribution in [3.05, 3.63) is 46.4 Å². The average molecular weight is 297 g/mol. The molecule has 1 saturated carbocycles. The molecule has 2 aliphatic rings. The van der Waals surface area contributed by atoms with Gasteiger partial charge in [0, 0.05) is 29.1 Å². The smallest absolute Gasteiger partial charge is 0.163 e. The quantitative estimate of drug-likeness (QED) is 0.833. The van der Waals surface area contributed by atoms with Crippen LogP contribution >= 0.6 is 0 Å². The summed E-state index contributed by atoms with van der Waals surface area (Å²) < 4.78 is 0. The Bertz CT molecular complexity index is 753. The number of aryl methyl sites for hydroxylation is 1. The Morgan fingerprint density at radius 2 is 1.91 bits per heavy atom. The minimum atomic E-state index is -0.917. The Morgan fingerprint density at radius 3 is 2.55 bits per heavy atom. The normalized spacial score (nSPS) is 25.5. The SMILES string of the molecule is Cc1nc(-c2ccc([NH+]([O-])O)cc2)nc2c1[C@H]1[C@H](C2)C1(C)C. The van der Waals surface area contributed by atoms with Crippen molar-refractivity contribution in [2.24, 2.45) is 11.3 Å². The van der Waals surface area contributed by atoms with Crippen molar-refractivity contribution in [3.8, 4) is 11.4 Å². The highest BCUT2D eigenvalue weighted by atomic mass is 16.8. The van der Waals surface area contributed by atoms with E-state index in [0.717, 1.165) is 17.7 Å². The summed E-state index contributed by atoms with van der Waals surface area (Å²) in [6.45, 7) is 6.71. The van der Waals surface area contributed by atoms with Gasteiger partial charge in [-0.3, -0.25) is 0 Å². The molecule has 22 heavy (non-hydrogen) atoms. The number of hydrogen-bond acceptors (Lipinski definition) is 4. The first-order valence-corrected chi connectivity index (χ1v) is 7.60. The van der Waals surface area contributed by atoms with E-state index in [4.69, 9.17) is 10.2 Å². The van der Waals surface area contributed by atoms with E-state index in [-0.39, 0.29) is 5.69 Å². The summed E-state index contributed by atoms with van der Waals surface area (Å²) in [5, 5.41) is 19.0. The van der Waals surface area contributed by atoms with Gasteiger partial charge in [-0.15, -0.1) is 0 Å². The summed E-state index contributed by atoms with van der Waals surface area (Å²) in [6, 6.07) is 6.77. The molecule has 1 heterocycles. The van der Waals surface area contributed by atoms with Crippen LogP contribution in [0.4, 0.5) is 5.69 Å². The lowest BCUT2D eigenvalue weighted by Gasteiger charge is -2.15. The van der Waals surface area contributed by atoms with E-state index in [1.807, 2.05) is 0 Å². The van der Waals surface area contributed by atoms with Gasteiger partial charge in [0.15, 0.2) is 11.5 Å². The second-order valence-corrected chi connectivity index (χ2v) is 6.99. The molecule has 0 bridgehead atoms. The highest BCUT2D eigenvalue weighted by Gasteiger charge is 2.63. The summed E-state index contributed by atoms with van der Waals surface area (Å²) in [4.78, 5) is 9.42. The second kappa shape index (κ2) is 4.35. The molecule has 1 aromatic heterocycles. The zero-order valence-corrected chi connectivity index (χ0v) is 12.9. The first-order chi connectivity index (χ1) is 10.4. The lowest BCUT2D eigenvalue weighted by molar-refractivity contribution is -0.991. The molecule has 2 N–H and O–H groups in total. The van der Waals surface area contributed by atoms with Crippen molar-refractivity contribution < 1.29 is 10.4 Å². The lowest BCUT2D eigenvalue weighted by atomic mass is 9.97. The largest absolute Gasteiger partial charge is 0.595 e. The molecule has 0 saturated heterocycles. The van der Waals surface area contributed by atoms with E-state index in [9.17, 15) is 5.21 Å². The molecule has 0 spiro atoms. The standard InChI is InChI=1S/C17H19N3O2/c1-9-14-13(8-12-15(14)17(12,2)3)19-16(18-9)10-4-6-11(7-5-10)20(21)22/h4-7,12,15,20-21H,8H2,1-3H3/t12-,15+/m0/s1. The highest BCUT2D eigenvalue weighted by Crippen LogP contribution is 2.70. The molecular weight excluding hydrogens is 278 g/mol. The predicted molar refractivity (Wildman–Crippen MR) is 81.7 cm³/mol. The molecular formula is C17H19N3O2. The number of rotatable bonds is 2. The second-order valence-electron chi connectivity index (χ2n) is 6.99. The first kappa shape index (κ1) is 13.8. The number of benzene rings is 1. The van der Waals surface area contributed by atoms with Crippen molar-refractivity contribution in [2.75, 3.05) is 0 Å². The molecule has 2 aromatic rings. The van der Waals surface area contributed by atoms with Crippen molar-refractivity contribution in [2.45, 2.75) is 33.1 Å². The molecule has 5 nitrogen and oxygen atoms in total. The number of nitrogens with one attached hydrogen (secondary N) is 1. The van der Waals surface area contributed by atoms with Gasteiger partial charge in [-0.2, -0.15) is 5.23 Å². The third-order valence-corrected chi connectivity index (χ3v) is 5.38. The third-order valence-electron chi connectivity index (χ3n) is 5.38. The molecule has 0 aliphatic heterocycles. The van der Waals surface area contributed by atoms with Crippen molar-refractivity contribution in [1.82, 2.24) is 9.97 Å². The van der Waals surface area contributed by atoms with E-state index in [1.54, 1.807) is 24.3 Å². The van der Waals surface area contributed by atoms with Crippen LogP contribution in [0.2, 0.25) is 0 Å². The lowest BCUT2D eigenvalue weighted by Crippen LogP contribution is -2.99. The predicted octanol–water partition coefficient (Wildman–Crippen LogP) is 2.15. The van der Waals surface area contributed by atoms with E-state index in [1.165, 1.54) is 11.3 Å². The van der Waals surface area contributed by atoms with E-state index in [0.29, 0.717) is 23.1 Å². The van der Waals surface area contributed by atoms with Crippen LogP contribution < -0.4 is 5.23 Å². The topological polar surface area (TPSA) is 73.5 Å². The molecule has 0 radical (unpaired) electrons. The van der Waals surface area contributed by atoms with E-state index in [2.05, 4.69) is 25.8 Å². The Morgan fingerprint density at radius 1 is 1.23 bits per heavy atom. The Hall–Kier alpha value is -1.82. The van der Waals surface area contributed by atoms with Crippen molar-refractivity contribution >= 4 is 5.69 Å². The maximum Gasteiger partial charge on any atom is 0.163 e. The van der Waals surface area contributed by atoms with Gasteiger partial charge in [-0.25, -0.2) is 15.2 Å². The van der Waals surface area contributed by atoms with Crippen LogP contribution in [0.5, 0.6) is 0 Å². The van der Waals surface area contributed by atoms with Crippen LogP contribution in [0.15, 0.2) is 24.3 Å². The number of quaternary nitrogens is 1. The maximum atomic E-state index is 10.9. The average Bonchev–Trinajstić information content (AvgIpc) is 2.86. The van der Waals surface area contributed by atoms with Crippen LogP contribution in [-0.2, 0) is 6.42 Å². The fraction of sp³-hybridized carbons (Fsp3) is 0.412. The minimum absolute atomic E-state index is 0.282. The summed E-state index contributed by atoms with van der Waals surface area (Å²) >= 11 is 0. The van der Waals surface area contributed by atoms with Gasteiger partial charge in [-0.05, 0) is 48.3 Å². The zero-order valence-electron chi connectivity index (χ0n) is 12.9. The van der Waals surface area contributed by atoms with Gasteiger partial charge in [0.25, 0.3) is 0 Å². The monoisotopic (exact) mass is 297 g/mol. The fourth-order valence-corrected chi connectivity index (χ4v) is 4.00. The molecule has 2 aliphatic carbocycles. The number of hydrogen-bond donors (Lipinski definition) is 2.